The molecule has 2 atom stereocenters. The zero-order valence-electron chi connectivity index (χ0n) is 13.3. The first-order valence-corrected chi connectivity index (χ1v) is 7.68. The van der Waals surface area contributed by atoms with Crippen LogP contribution in [0.4, 0.5) is 0 Å². The molecule has 21 heavy (non-hydrogen) atoms. The first-order valence-electron chi connectivity index (χ1n) is 7.68. The monoisotopic (exact) mass is 312 g/mol. The lowest BCUT2D eigenvalue weighted by atomic mass is 10.0. The molecular formula is C17H27ClNO2-. The van der Waals surface area contributed by atoms with E-state index in [1.54, 1.807) is 0 Å². The normalized spacial score (nSPS) is 20.7. The van der Waals surface area contributed by atoms with Gasteiger partial charge in [-0.05, 0) is 51.8 Å². The van der Waals surface area contributed by atoms with Crippen LogP contribution in [0.1, 0.15) is 37.3 Å². The minimum Gasteiger partial charge on any atom is -1.00 e. The molecule has 1 saturated heterocycles. The summed E-state index contributed by atoms with van der Waals surface area (Å²) in [6.07, 6.45) is 3.38. The van der Waals surface area contributed by atoms with Crippen molar-refractivity contribution in [3.05, 3.63) is 29.3 Å². The van der Waals surface area contributed by atoms with E-state index < -0.39 is 6.10 Å². The number of aliphatic hydroxyl groups excluding tert-OH is 1. The van der Waals surface area contributed by atoms with Gasteiger partial charge >= 0.3 is 0 Å². The second-order valence-corrected chi connectivity index (χ2v) is 6.07. The second-order valence-electron chi connectivity index (χ2n) is 6.07. The molecule has 1 aromatic rings. The van der Waals surface area contributed by atoms with E-state index in [0.717, 1.165) is 17.9 Å². The van der Waals surface area contributed by atoms with Crippen LogP contribution in [0.25, 0.3) is 0 Å². The highest BCUT2D eigenvalue weighted by Gasteiger charge is 2.21. The average molecular weight is 313 g/mol. The predicted octanol–water partition coefficient (Wildman–Crippen LogP) is -0.0785. The van der Waals surface area contributed by atoms with Gasteiger partial charge in [0.2, 0.25) is 0 Å². The number of likely N-dealkylation sites (tertiary alicyclic amines) is 1. The van der Waals surface area contributed by atoms with Crippen LogP contribution in [0.15, 0.2) is 18.2 Å². The Morgan fingerprint density at radius 3 is 2.76 bits per heavy atom. The maximum absolute atomic E-state index is 10.2. The van der Waals surface area contributed by atoms with Gasteiger partial charge in [0.05, 0.1) is 0 Å². The van der Waals surface area contributed by atoms with E-state index in [0.29, 0.717) is 19.2 Å². The predicted molar refractivity (Wildman–Crippen MR) is 82.3 cm³/mol. The Kier molecular flexibility index (Phi) is 7.50. The van der Waals surface area contributed by atoms with Gasteiger partial charge in [0.25, 0.3) is 0 Å². The molecule has 4 heteroatoms. The third-order valence-corrected chi connectivity index (χ3v) is 4.15. The van der Waals surface area contributed by atoms with Crippen LogP contribution in [0.2, 0.25) is 0 Å². The van der Waals surface area contributed by atoms with E-state index in [9.17, 15) is 5.11 Å². The number of aryl methyl sites for hydroxylation is 2. The van der Waals surface area contributed by atoms with Crippen LogP contribution >= 0.6 is 0 Å². The number of hydrogen-bond acceptors (Lipinski definition) is 3. The van der Waals surface area contributed by atoms with Crippen molar-refractivity contribution in [2.75, 3.05) is 19.7 Å². The minimum absolute atomic E-state index is 0. The topological polar surface area (TPSA) is 32.7 Å². The summed E-state index contributed by atoms with van der Waals surface area (Å²) in [7, 11) is 0. The molecule has 0 radical (unpaired) electrons. The highest BCUT2D eigenvalue weighted by molar-refractivity contribution is 5.35. The molecular weight excluding hydrogens is 286 g/mol. The Morgan fingerprint density at radius 2 is 2.10 bits per heavy atom. The molecule has 1 aliphatic heterocycles. The largest absolute Gasteiger partial charge is 1.00 e. The van der Waals surface area contributed by atoms with E-state index in [-0.39, 0.29) is 12.4 Å². The molecule has 1 aromatic carbocycles. The Bertz CT molecular complexity index is 439. The van der Waals surface area contributed by atoms with E-state index in [1.165, 1.54) is 24.8 Å². The third-order valence-electron chi connectivity index (χ3n) is 4.15. The molecule has 0 amide bonds. The van der Waals surface area contributed by atoms with Crippen molar-refractivity contribution in [1.29, 1.82) is 0 Å². The number of rotatable bonds is 5. The number of piperidine rings is 1. The fourth-order valence-electron chi connectivity index (χ4n) is 2.90. The van der Waals surface area contributed by atoms with E-state index in [4.69, 9.17) is 4.74 Å². The van der Waals surface area contributed by atoms with E-state index >= 15 is 0 Å². The number of nitrogens with zero attached hydrogens (tertiary/aromatic N) is 1. The maximum atomic E-state index is 10.2. The molecule has 1 heterocycles. The first-order chi connectivity index (χ1) is 9.56. The summed E-state index contributed by atoms with van der Waals surface area (Å²) in [4.78, 5) is 2.37. The van der Waals surface area contributed by atoms with Crippen molar-refractivity contribution in [2.45, 2.75) is 52.2 Å². The fraction of sp³-hybridized carbons (Fsp3) is 0.647. The van der Waals surface area contributed by atoms with Gasteiger partial charge in [-0.2, -0.15) is 0 Å². The molecule has 120 valence electrons. The van der Waals surface area contributed by atoms with E-state index in [1.807, 2.05) is 19.1 Å². The van der Waals surface area contributed by atoms with Gasteiger partial charge in [0.15, 0.2) is 0 Å². The number of halogens is 1. The van der Waals surface area contributed by atoms with Gasteiger partial charge in [0, 0.05) is 12.6 Å². The lowest BCUT2D eigenvalue weighted by Gasteiger charge is -2.34. The molecule has 0 aliphatic carbocycles. The smallest absolute Gasteiger partial charge is 0.122 e. The van der Waals surface area contributed by atoms with Crippen LogP contribution in [-0.4, -0.2) is 41.8 Å². The van der Waals surface area contributed by atoms with Crippen molar-refractivity contribution in [2.24, 2.45) is 0 Å². The highest BCUT2D eigenvalue weighted by Crippen LogP contribution is 2.20. The maximum Gasteiger partial charge on any atom is 0.122 e. The first kappa shape index (κ1) is 18.3. The molecule has 1 aliphatic rings. The van der Waals surface area contributed by atoms with Crippen molar-refractivity contribution in [3.63, 3.8) is 0 Å². The van der Waals surface area contributed by atoms with Gasteiger partial charge in [0.1, 0.15) is 18.5 Å². The SMILES string of the molecule is Cc1ccc(OCC(O)CN2CCCCC2C)c(C)c1.[Cl-]. The van der Waals surface area contributed by atoms with Crippen molar-refractivity contribution >= 4 is 0 Å². The zero-order chi connectivity index (χ0) is 14.5. The Balaban J connectivity index is 0.00000220. The Morgan fingerprint density at radius 1 is 1.33 bits per heavy atom. The van der Waals surface area contributed by atoms with Crippen LogP contribution in [0, 0.1) is 13.8 Å². The number of ether oxygens (including phenoxy) is 1. The van der Waals surface area contributed by atoms with Crippen molar-refractivity contribution in [3.8, 4) is 5.75 Å². The van der Waals surface area contributed by atoms with Gasteiger partial charge in [-0.1, -0.05) is 24.1 Å². The van der Waals surface area contributed by atoms with Crippen molar-refractivity contribution < 1.29 is 22.3 Å². The number of aliphatic hydroxyl groups is 1. The summed E-state index contributed by atoms with van der Waals surface area (Å²) < 4.78 is 5.75. The summed E-state index contributed by atoms with van der Waals surface area (Å²) >= 11 is 0. The number of hydrogen-bond donors (Lipinski definition) is 1. The van der Waals surface area contributed by atoms with Crippen molar-refractivity contribution in [1.82, 2.24) is 4.90 Å². The Hall–Kier alpha value is -0.770. The quantitative estimate of drug-likeness (QED) is 0.826. The fourth-order valence-corrected chi connectivity index (χ4v) is 2.90. The molecule has 3 nitrogen and oxygen atoms in total. The second kappa shape index (κ2) is 8.62. The highest BCUT2D eigenvalue weighted by atomic mass is 35.5. The summed E-state index contributed by atoms with van der Waals surface area (Å²) in [5, 5.41) is 10.2. The molecule has 1 N–H and O–H groups in total. The number of benzene rings is 1. The molecule has 0 aromatic heterocycles. The molecule has 0 spiro atoms. The lowest BCUT2D eigenvalue weighted by molar-refractivity contribution is -0.00000653. The molecule has 0 saturated carbocycles. The Labute approximate surface area is 134 Å². The molecule has 2 rings (SSSR count). The molecule has 1 fully saturated rings. The number of β-amino-alcohol motifs (C(OH)–C–C–N with tert-alkyl or cyclic N) is 1. The van der Waals surface area contributed by atoms with Crippen LogP contribution in [-0.2, 0) is 0 Å². The van der Waals surface area contributed by atoms with Gasteiger partial charge in [-0.25, -0.2) is 0 Å². The average Bonchev–Trinajstić information content (AvgIpc) is 2.40. The summed E-state index contributed by atoms with van der Waals surface area (Å²) in [5.74, 6) is 0.876. The van der Waals surface area contributed by atoms with Gasteiger partial charge in [-0.15, -0.1) is 0 Å². The van der Waals surface area contributed by atoms with Crippen LogP contribution in [0.3, 0.4) is 0 Å². The molecule has 2 unspecified atom stereocenters. The van der Waals surface area contributed by atoms with Crippen LogP contribution < -0.4 is 17.1 Å². The van der Waals surface area contributed by atoms with Crippen LogP contribution in [0.5, 0.6) is 5.75 Å². The van der Waals surface area contributed by atoms with Gasteiger partial charge in [-0.3, -0.25) is 4.90 Å². The zero-order valence-corrected chi connectivity index (χ0v) is 14.1. The summed E-state index contributed by atoms with van der Waals surface area (Å²) in [6.45, 7) is 8.54. The molecule has 0 bridgehead atoms. The minimum atomic E-state index is -0.420. The van der Waals surface area contributed by atoms with E-state index in [2.05, 4.69) is 24.8 Å². The third kappa shape index (κ3) is 5.50. The standard InChI is InChI=1S/C17H27NO2.ClH/c1-13-7-8-17(14(2)10-13)20-12-16(19)11-18-9-5-4-6-15(18)3;/h7-8,10,15-16,19H,4-6,9,11-12H2,1-3H3;1H/p-1. The summed E-state index contributed by atoms with van der Waals surface area (Å²) in [5.41, 5.74) is 2.36. The summed E-state index contributed by atoms with van der Waals surface area (Å²) in [6, 6.07) is 6.72. The van der Waals surface area contributed by atoms with Gasteiger partial charge < -0.3 is 22.3 Å². The lowest BCUT2D eigenvalue weighted by Crippen LogP contribution is -3.00.